The predicted octanol–water partition coefficient (Wildman–Crippen LogP) is 5.14. The molecule has 3 N–H and O–H groups in total. The van der Waals surface area contributed by atoms with Crippen LogP contribution < -0.4 is 14.8 Å². The van der Waals surface area contributed by atoms with Crippen LogP contribution in [0.3, 0.4) is 0 Å². The second-order valence-electron chi connectivity index (χ2n) is 9.14. The first-order valence-electron chi connectivity index (χ1n) is 12.5. The minimum atomic E-state index is -4.82. The van der Waals surface area contributed by atoms with Gasteiger partial charge in [-0.25, -0.2) is 15.0 Å². The summed E-state index contributed by atoms with van der Waals surface area (Å²) in [6.45, 7) is 2.22. The van der Waals surface area contributed by atoms with Crippen LogP contribution in [0.1, 0.15) is 5.56 Å². The van der Waals surface area contributed by atoms with Gasteiger partial charge >= 0.3 is 6.36 Å². The zero-order valence-electron chi connectivity index (χ0n) is 22.4. The predicted molar refractivity (Wildman–Crippen MR) is 146 cm³/mol. The fourth-order valence-electron chi connectivity index (χ4n) is 4.18. The number of ether oxygens (including phenoxy) is 3. The van der Waals surface area contributed by atoms with Crippen LogP contribution in [0.4, 0.5) is 24.7 Å². The van der Waals surface area contributed by atoms with Crippen LogP contribution in [-0.4, -0.2) is 75.8 Å². The van der Waals surface area contributed by atoms with Crippen molar-refractivity contribution in [3.8, 4) is 34.4 Å². The third-order valence-electron chi connectivity index (χ3n) is 6.11. The molecule has 0 spiro atoms. The number of aromatic amines is 2. The molecule has 0 amide bonds. The van der Waals surface area contributed by atoms with Gasteiger partial charge in [0.15, 0.2) is 23.2 Å². The van der Waals surface area contributed by atoms with E-state index in [9.17, 15) is 13.2 Å². The van der Waals surface area contributed by atoms with Crippen LogP contribution >= 0.6 is 0 Å². The fraction of sp³-hybridized carbons (Fsp3) is 0.259. The Bertz CT molecular complexity index is 1640. The van der Waals surface area contributed by atoms with E-state index in [-0.39, 0.29) is 17.4 Å². The standard InChI is InChI=1S/C27H27F3N8O3/c1-38(9-10-39-2)15-16-7-8-19-20(11-16)34-26(33-19)23-21(13-32-37-23)35-25-22(40-3)14-31-24(36-25)17-5-4-6-18(12-17)41-27(28,29)30/h4-8,11-14H,9-10,15H2,1-3H3,(H,32,37)(H,33,34)(H,31,35,36). The van der Waals surface area contributed by atoms with Gasteiger partial charge in [0.05, 0.1) is 42.8 Å². The van der Waals surface area contributed by atoms with Crippen LogP contribution in [0.2, 0.25) is 0 Å². The van der Waals surface area contributed by atoms with Gasteiger partial charge in [-0.2, -0.15) is 5.10 Å². The molecule has 2 aromatic carbocycles. The average Bonchev–Trinajstić information content (AvgIpc) is 3.57. The first-order valence-corrected chi connectivity index (χ1v) is 12.5. The maximum absolute atomic E-state index is 12.7. The number of nitrogens with one attached hydrogen (secondary N) is 3. The summed E-state index contributed by atoms with van der Waals surface area (Å²) in [5, 5.41) is 10.3. The molecule has 0 aliphatic carbocycles. The molecule has 3 heterocycles. The summed E-state index contributed by atoms with van der Waals surface area (Å²) in [5.41, 5.74) is 4.21. The van der Waals surface area contributed by atoms with Crippen molar-refractivity contribution >= 4 is 22.5 Å². The second kappa shape index (κ2) is 11.8. The number of rotatable bonds is 11. The Morgan fingerprint density at radius 2 is 1.90 bits per heavy atom. The molecule has 11 nitrogen and oxygen atoms in total. The number of H-pyrrole nitrogens is 2. The number of methoxy groups -OCH3 is 2. The molecule has 0 saturated carbocycles. The van der Waals surface area contributed by atoms with Crippen LogP contribution in [0, 0.1) is 0 Å². The number of anilines is 2. The zero-order chi connectivity index (χ0) is 29.0. The molecule has 5 rings (SSSR count). The molecule has 41 heavy (non-hydrogen) atoms. The molecule has 0 aliphatic heterocycles. The van der Waals surface area contributed by atoms with Crippen molar-refractivity contribution in [3.63, 3.8) is 0 Å². The van der Waals surface area contributed by atoms with Gasteiger partial charge in [-0.1, -0.05) is 18.2 Å². The van der Waals surface area contributed by atoms with Crippen LogP contribution in [0.15, 0.2) is 54.9 Å². The highest BCUT2D eigenvalue weighted by Gasteiger charge is 2.31. The highest BCUT2D eigenvalue weighted by atomic mass is 19.4. The molecular formula is C27H27F3N8O3. The Labute approximate surface area is 232 Å². The molecule has 214 valence electrons. The van der Waals surface area contributed by atoms with Crippen molar-refractivity contribution in [1.29, 1.82) is 0 Å². The molecule has 0 unspecified atom stereocenters. The van der Waals surface area contributed by atoms with Crippen molar-refractivity contribution < 1.29 is 27.4 Å². The van der Waals surface area contributed by atoms with E-state index in [1.807, 2.05) is 19.2 Å². The van der Waals surface area contributed by atoms with E-state index >= 15 is 0 Å². The minimum absolute atomic E-state index is 0.165. The van der Waals surface area contributed by atoms with Gasteiger partial charge < -0.3 is 24.5 Å². The number of imidazole rings is 1. The number of fused-ring (bicyclic) bond motifs is 1. The lowest BCUT2D eigenvalue weighted by atomic mass is 10.2. The van der Waals surface area contributed by atoms with Crippen molar-refractivity contribution in [2.45, 2.75) is 12.9 Å². The number of hydrogen-bond donors (Lipinski definition) is 3. The topological polar surface area (TPSA) is 126 Å². The monoisotopic (exact) mass is 568 g/mol. The average molecular weight is 569 g/mol. The van der Waals surface area contributed by atoms with E-state index < -0.39 is 6.36 Å². The largest absolute Gasteiger partial charge is 0.573 e. The van der Waals surface area contributed by atoms with Crippen molar-refractivity contribution in [2.75, 3.05) is 39.7 Å². The summed E-state index contributed by atoms with van der Waals surface area (Å²) in [7, 11) is 5.17. The maximum atomic E-state index is 12.7. The number of halogens is 3. The smallest absolute Gasteiger partial charge is 0.491 e. The molecule has 14 heteroatoms. The summed E-state index contributed by atoms with van der Waals surface area (Å²) in [4.78, 5) is 18.9. The van der Waals surface area contributed by atoms with Gasteiger partial charge in [-0.3, -0.25) is 10.00 Å². The van der Waals surface area contributed by atoms with Crippen LogP contribution in [0.5, 0.6) is 11.5 Å². The summed E-state index contributed by atoms with van der Waals surface area (Å²) in [5.74, 6) is 0.929. The quantitative estimate of drug-likeness (QED) is 0.199. The number of alkyl halides is 3. The molecule has 0 bridgehead atoms. The maximum Gasteiger partial charge on any atom is 0.573 e. The molecule has 3 aromatic heterocycles. The number of aromatic nitrogens is 6. The number of benzene rings is 2. The van der Waals surface area contributed by atoms with Gasteiger partial charge in [0.1, 0.15) is 11.4 Å². The summed E-state index contributed by atoms with van der Waals surface area (Å²) >= 11 is 0. The van der Waals surface area contributed by atoms with Crippen LogP contribution in [-0.2, 0) is 11.3 Å². The van der Waals surface area contributed by atoms with E-state index in [4.69, 9.17) is 14.5 Å². The molecule has 0 saturated heterocycles. The molecule has 0 atom stereocenters. The number of hydrogen-bond acceptors (Lipinski definition) is 9. The summed E-state index contributed by atoms with van der Waals surface area (Å²) in [6, 6.07) is 11.5. The second-order valence-corrected chi connectivity index (χ2v) is 9.14. The van der Waals surface area contributed by atoms with E-state index in [1.165, 1.54) is 31.5 Å². The first kappa shape index (κ1) is 27.9. The Morgan fingerprint density at radius 3 is 2.68 bits per heavy atom. The van der Waals surface area contributed by atoms with Gasteiger partial charge in [-0.05, 0) is 36.9 Å². The van der Waals surface area contributed by atoms with E-state index in [2.05, 4.69) is 46.2 Å². The molecule has 5 aromatic rings. The van der Waals surface area contributed by atoms with E-state index in [1.54, 1.807) is 19.4 Å². The fourth-order valence-corrected chi connectivity index (χ4v) is 4.18. The van der Waals surface area contributed by atoms with Gasteiger partial charge in [0.25, 0.3) is 0 Å². The van der Waals surface area contributed by atoms with Gasteiger partial charge in [0, 0.05) is 25.8 Å². The minimum Gasteiger partial charge on any atom is -0.491 e. The van der Waals surface area contributed by atoms with Gasteiger partial charge in [0.2, 0.25) is 0 Å². The Morgan fingerprint density at radius 1 is 1.05 bits per heavy atom. The lowest BCUT2D eigenvalue weighted by Crippen LogP contribution is -2.22. The molecule has 0 fully saturated rings. The third-order valence-corrected chi connectivity index (χ3v) is 6.11. The summed E-state index contributed by atoms with van der Waals surface area (Å²) < 4.78 is 52.7. The Hall–Kier alpha value is -4.69. The normalized spacial score (nSPS) is 11.8. The first-order chi connectivity index (χ1) is 19.7. The SMILES string of the molecule is COCCN(C)Cc1ccc2nc(-c3[nH]ncc3Nc3nc(-c4cccc(OC(F)(F)F)c4)ncc3OC)[nH]c2c1. The van der Waals surface area contributed by atoms with E-state index in [0.29, 0.717) is 35.1 Å². The van der Waals surface area contributed by atoms with E-state index in [0.717, 1.165) is 29.7 Å². The zero-order valence-corrected chi connectivity index (χ0v) is 22.4. The summed E-state index contributed by atoms with van der Waals surface area (Å²) in [6.07, 6.45) is -1.83. The Balaban J connectivity index is 1.40. The number of nitrogens with zero attached hydrogens (tertiary/aromatic N) is 5. The molecular weight excluding hydrogens is 541 g/mol. The third kappa shape index (κ3) is 6.73. The molecule has 0 aliphatic rings. The molecule has 0 radical (unpaired) electrons. The lowest BCUT2D eigenvalue weighted by molar-refractivity contribution is -0.274. The Kier molecular flexibility index (Phi) is 8.03. The van der Waals surface area contributed by atoms with Crippen LogP contribution in [0.25, 0.3) is 33.9 Å². The lowest BCUT2D eigenvalue weighted by Gasteiger charge is -2.15. The highest BCUT2D eigenvalue weighted by molar-refractivity contribution is 5.83. The highest BCUT2D eigenvalue weighted by Crippen LogP contribution is 2.33. The number of likely N-dealkylation sites (N-methyl/N-ethyl adjacent to an activating group) is 1. The van der Waals surface area contributed by atoms with Crippen molar-refractivity contribution in [1.82, 2.24) is 35.0 Å². The van der Waals surface area contributed by atoms with Gasteiger partial charge in [-0.15, -0.1) is 13.2 Å². The van der Waals surface area contributed by atoms with Crippen molar-refractivity contribution in [2.24, 2.45) is 0 Å². The van der Waals surface area contributed by atoms with Crippen molar-refractivity contribution in [3.05, 3.63) is 60.4 Å².